The molecule has 0 N–H and O–H groups in total. The van der Waals surface area contributed by atoms with Crippen LogP contribution in [0.4, 0.5) is 0 Å². The van der Waals surface area contributed by atoms with E-state index in [9.17, 15) is 0 Å². The van der Waals surface area contributed by atoms with Gasteiger partial charge in [0.1, 0.15) is 0 Å². The van der Waals surface area contributed by atoms with Crippen LogP contribution in [-0.4, -0.2) is 31.2 Å². The maximum atomic E-state index is 2.50. The average molecular weight is 477 g/mol. The zero-order valence-electron chi connectivity index (χ0n) is 21.1. The molecule has 0 aliphatic heterocycles. The SMILES string of the molecule is CCCCCCCCCCCC[N+](C)(CC)CCCCCCCCCCCC.[Br-]. The largest absolute Gasteiger partial charge is 1.00 e. The van der Waals surface area contributed by atoms with Crippen LogP contribution in [0.15, 0.2) is 0 Å². The highest BCUT2D eigenvalue weighted by atomic mass is 79.9. The van der Waals surface area contributed by atoms with Gasteiger partial charge in [-0.15, -0.1) is 0 Å². The fourth-order valence-electron chi connectivity index (χ4n) is 4.39. The summed E-state index contributed by atoms with van der Waals surface area (Å²) in [5.74, 6) is 0. The second-order valence-electron chi connectivity index (χ2n) is 9.75. The van der Waals surface area contributed by atoms with Gasteiger partial charge in [0.2, 0.25) is 0 Å². The molecule has 1 nitrogen and oxygen atoms in total. The van der Waals surface area contributed by atoms with E-state index in [2.05, 4.69) is 27.8 Å². The Morgan fingerprint density at radius 1 is 0.379 bits per heavy atom. The van der Waals surface area contributed by atoms with Crippen LogP contribution in [0.5, 0.6) is 0 Å². The van der Waals surface area contributed by atoms with Gasteiger partial charge in [0.05, 0.1) is 26.7 Å². The molecule has 0 aromatic rings. The highest BCUT2D eigenvalue weighted by molar-refractivity contribution is 4.50. The van der Waals surface area contributed by atoms with Crippen molar-refractivity contribution in [2.75, 3.05) is 26.7 Å². The van der Waals surface area contributed by atoms with Crippen LogP contribution in [0.25, 0.3) is 0 Å². The second kappa shape index (κ2) is 24.7. The van der Waals surface area contributed by atoms with Crippen LogP contribution in [0.2, 0.25) is 0 Å². The van der Waals surface area contributed by atoms with E-state index >= 15 is 0 Å². The van der Waals surface area contributed by atoms with E-state index in [0.717, 1.165) is 0 Å². The van der Waals surface area contributed by atoms with Crippen LogP contribution in [0.3, 0.4) is 0 Å². The molecular formula is C27H58BrN. The maximum absolute atomic E-state index is 2.50. The summed E-state index contributed by atoms with van der Waals surface area (Å²) in [7, 11) is 2.50. The van der Waals surface area contributed by atoms with Gasteiger partial charge in [-0.05, 0) is 32.6 Å². The lowest BCUT2D eigenvalue weighted by Crippen LogP contribution is -3.00. The van der Waals surface area contributed by atoms with Gasteiger partial charge in [0, 0.05) is 0 Å². The molecule has 0 radical (unpaired) electrons. The van der Waals surface area contributed by atoms with E-state index < -0.39 is 0 Å². The lowest BCUT2D eigenvalue weighted by atomic mass is 10.1. The minimum atomic E-state index is 0. The minimum absolute atomic E-state index is 0. The number of hydrogen-bond acceptors (Lipinski definition) is 0. The summed E-state index contributed by atoms with van der Waals surface area (Å²) in [5.41, 5.74) is 0. The first-order valence-corrected chi connectivity index (χ1v) is 13.5. The highest BCUT2D eigenvalue weighted by Gasteiger charge is 2.17. The molecule has 0 aromatic heterocycles. The number of quaternary nitrogens is 1. The molecule has 0 heterocycles. The van der Waals surface area contributed by atoms with Crippen molar-refractivity contribution in [1.29, 1.82) is 0 Å². The molecule has 2 heteroatoms. The molecule has 0 spiro atoms. The first-order chi connectivity index (χ1) is 13.7. The standard InChI is InChI=1S/C27H58N.BrH/c1-5-8-10-12-14-16-18-20-22-24-26-28(4,7-3)27-25-23-21-19-17-15-13-11-9-6-2;/h5-27H2,1-4H3;1H/q+1;/p-1. The van der Waals surface area contributed by atoms with Gasteiger partial charge in [-0.25, -0.2) is 0 Å². The molecule has 0 saturated heterocycles. The van der Waals surface area contributed by atoms with E-state index in [1.54, 1.807) is 0 Å². The van der Waals surface area contributed by atoms with E-state index in [1.807, 2.05) is 0 Å². The number of nitrogens with zero attached hydrogens (tertiary/aromatic N) is 1. The molecule has 0 aliphatic rings. The normalized spacial score (nSPS) is 11.6. The Balaban J connectivity index is 0. The topological polar surface area (TPSA) is 0 Å². The number of rotatable bonds is 23. The van der Waals surface area contributed by atoms with Crippen molar-refractivity contribution in [3.8, 4) is 0 Å². The molecule has 0 fully saturated rings. The Morgan fingerprint density at radius 2 is 0.621 bits per heavy atom. The summed E-state index contributed by atoms with van der Waals surface area (Å²) in [6.45, 7) is 11.1. The highest BCUT2D eigenvalue weighted by Crippen LogP contribution is 2.15. The third-order valence-corrected chi connectivity index (χ3v) is 6.87. The van der Waals surface area contributed by atoms with Gasteiger partial charge in [-0.2, -0.15) is 0 Å². The molecular weight excluding hydrogens is 418 g/mol. The molecule has 0 bridgehead atoms. The van der Waals surface area contributed by atoms with Crippen molar-refractivity contribution < 1.29 is 21.5 Å². The van der Waals surface area contributed by atoms with Gasteiger partial charge < -0.3 is 21.5 Å². The summed E-state index contributed by atoms with van der Waals surface area (Å²) in [6.07, 6.45) is 29.1. The second-order valence-corrected chi connectivity index (χ2v) is 9.75. The van der Waals surface area contributed by atoms with Gasteiger partial charge in [0.15, 0.2) is 0 Å². The molecule has 29 heavy (non-hydrogen) atoms. The van der Waals surface area contributed by atoms with Crippen molar-refractivity contribution in [3.05, 3.63) is 0 Å². The number of halogens is 1. The fraction of sp³-hybridized carbons (Fsp3) is 1.00. The van der Waals surface area contributed by atoms with Gasteiger partial charge in [-0.1, -0.05) is 117 Å². The smallest absolute Gasteiger partial charge is 0.0784 e. The Morgan fingerprint density at radius 3 is 0.862 bits per heavy atom. The van der Waals surface area contributed by atoms with Gasteiger partial charge in [0.25, 0.3) is 0 Å². The molecule has 0 atom stereocenters. The number of hydrogen-bond donors (Lipinski definition) is 0. The third kappa shape index (κ3) is 22.9. The predicted molar refractivity (Wildman–Crippen MR) is 130 cm³/mol. The first-order valence-electron chi connectivity index (χ1n) is 13.5. The molecule has 0 saturated carbocycles. The van der Waals surface area contributed by atoms with Crippen LogP contribution < -0.4 is 17.0 Å². The van der Waals surface area contributed by atoms with E-state index in [1.165, 1.54) is 153 Å². The molecule has 0 aromatic carbocycles. The summed E-state index contributed by atoms with van der Waals surface area (Å²) < 4.78 is 1.31. The summed E-state index contributed by atoms with van der Waals surface area (Å²) in [6, 6.07) is 0. The quantitative estimate of drug-likeness (QED) is 0.120. The Bertz CT molecular complexity index is 268. The zero-order valence-corrected chi connectivity index (χ0v) is 22.7. The fourth-order valence-corrected chi connectivity index (χ4v) is 4.39. The summed E-state index contributed by atoms with van der Waals surface area (Å²) >= 11 is 0. The number of unbranched alkanes of at least 4 members (excludes halogenated alkanes) is 18. The van der Waals surface area contributed by atoms with Gasteiger partial charge in [-0.3, -0.25) is 0 Å². The first kappa shape index (κ1) is 31.6. The molecule has 0 rings (SSSR count). The van der Waals surface area contributed by atoms with Crippen molar-refractivity contribution in [2.24, 2.45) is 0 Å². The van der Waals surface area contributed by atoms with Crippen molar-refractivity contribution in [3.63, 3.8) is 0 Å². The summed E-state index contributed by atoms with van der Waals surface area (Å²) in [5, 5.41) is 0. The van der Waals surface area contributed by atoms with E-state index in [0.29, 0.717) is 0 Å². The Kier molecular flexibility index (Phi) is 26.9. The Labute approximate surface area is 197 Å². The monoisotopic (exact) mass is 475 g/mol. The van der Waals surface area contributed by atoms with Crippen molar-refractivity contribution in [2.45, 2.75) is 149 Å². The van der Waals surface area contributed by atoms with Gasteiger partial charge >= 0.3 is 0 Å². The van der Waals surface area contributed by atoms with Crippen LogP contribution in [0.1, 0.15) is 149 Å². The molecule has 178 valence electrons. The lowest BCUT2D eigenvalue weighted by molar-refractivity contribution is -0.908. The minimum Gasteiger partial charge on any atom is -1.00 e. The molecule has 0 amide bonds. The summed E-state index contributed by atoms with van der Waals surface area (Å²) in [4.78, 5) is 0. The predicted octanol–water partition coefficient (Wildman–Crippen LogP) is 6.30. The maximum Gasteiger partial charge on any atom is 0.0784 e. The van der Waals surface area contributed by atoms with E-state index in [4.69, 9.17) is 0 Å². The van der Waals surface area contributed by atoms with Crippen molar-refractivity contribution in [1.82, 2.24) is 0 Å². The van der Waals surface area contributed by atoms with Crippen LogP contribution >= 0.6 is 0 Å². The molecule has 0 unspecified atom stereocenters. The lowest BCUT2D eigenvalue weighted by Gasteiger charge is -2.33. The van der Waals surface area contributed by atoms with E-state index in [-0.39, 0.29) is 17.0 Å². The van der Waals surface area contributed by atoms with Crippen LogP contribution in [-0.2, 0) is 0 Å². The molecule has 0 aliphatic carbocycles. The average Bonchev–Trinajstić information content (AvgIpc) is 2.71. The third-order valence-electron chi connectivity index (χ3n) is 6.87. The van der Waals surface area contributed by atoms with Crippen molar-refractivity contribution >= 4 is 0 Å². The zero-order chi connectivity index (χ0) is 20.8. The van der Waals surface area contributed by atoms with Crippen LogP contribution in [0, 0.1) is 0 Å². The Hall–Kier alpha value is 0.440.